The topological polar surface area (TPSA) is 111 Å². The lowest BCUT2D eigenvalue weighted by molar-refractivity contribution is -0.870. The van der Waals surface area contributed by atoms with Gasteiger partial charge in [-0.3, -0.25) is 14.2 Å². The van der Waals surface area contributed by atoms with E-state index in [4.69, 9.17) is 18.5 Å². The Morgan fingerprint density at radius 2 is 1.24 bits per heavy atom. The Morgan fingerprint density at radius 3 is 1.85 bits per heavy atom. The predicted octanol–water partition coefficient (Wildman–Crippen LogP) is 8.16. The zero-order chi connectivity index (χ0) is 34.4. The molecule has 0 aromatic rings. The first-order valence-corrected chi connectivity index (χ1v) is 18.9. The molecular formula is C36H64NO8P. The van der Waals surface area contributed by atoms with Gasteiger partial charge in [0.15, 0.2) is 6.10 Å². The van der Waals surface area contributed by atoms with Crippen LogP contribution in [0.25, 0.3) is 0 Å². The van der Waals surface area contributed by atoms with E-state index in [9.17, 15) is 19.0 Å². The Labute approximate surface area is 280 Å². The number of unbranched alkanes of at least 4 members (excludes halogenated alkanes) is 11. The first kappa shape index (κ1) is 44.0. The first-order chi connectivity index (χ1) is 22.0. The number of rotatable bonds is 30. The summed E-state index contributed by atoms with van der Waals surface area (Å²) in [6, 6.07) is 0. The number of quaternary nitrogens is 1. The highest BCUT2D eigenvalue weighted by molar-refractivity contribution is 7.45. The molecule has 266 valence electrons. The van der Waals surface area contributed by atoms with Gasteiger partial charge in [0, 0.05) is 12.8 Å². The van der Waals surface area contributed by atoms with E-state index < -0.39 is 32.5 Å². The summed E-state index contributed by atoms with van der Waals surface area (Å²) in [6.07, 6.45) is 30.1. The molecule has 0 fully saturated rings. The maximum atomic E-state index is 12.5. The van der Waals surface area contributed by atoms with Crippen LogP contribution in [-0.4, -0.2) is 70.0 Å². The van der Waals surface area contributed by atoms with Crippen molar-refractivity contribution in [2.75, 3.05) is 47.5 Å². The molecule has 0 aliphatic rings. The minimum Gasteiger partial charge on any atom is -0.756 e. The molecule has 10 heteroatoms. The highest BCUT2D eigenvalue weighted by Gasteiger charge is 2.21. The van der Waals surface area contributed by atoms with Gasteiger partial charge in [0.1, 0.15) is 19.8 Å². The number of hydrogen-bond donors (Lipinski definition) is 0. The fraction of sp³-hybridized carbons (Fsp3) is 0.722. The van der Waals surface area contributed by atoms with Crippen molar-refractivity contribution in [1.29, 1.82) is 0 Å². The number of nitrogens with zero attached hydrogens (tertiary/aromatic N) is 1. The Kier molecular flexibility index (Phi) is 27.8. The molecule has 0 heterocycles. The molecule has 0 aliphatic heterocycles. The van der Waals surface area contributed by atoms with Crippen molar-refractivity contribution >= 4 is 19.8 Å². The number of allylic oxidation sites excluding steroid dienone is 8. The van der Waals surface area contributed by atoms with Crippen LogP contribution in [0.4, 0.5) is 0 Å². The van der Waals surface area contributed by atoms with E-state index in [-0.39, 0.29) is 26.1 Å². The third-order valence-corrected chi connectivity index (χ3v) is 7.92. The molecule has 0 aromatic carbocycles. The number of likely N-dealkylation sites (N-methyl/N-ethyl adjacent to an activating group) is 1. The van der Waals surface area contributed by atoms with E-state index in [0.717, 1.165) is 44.9 Å². The summed E-state index contributed by atoms with van der Waals surface area (Å²) in [7, 11) is 1.13. The lowest BCUT2D eigenvalue weighted by Crippen LogP contribution is -2.37. The molecule has 46 heavy (non-hydrogen) atoms. The second-order valence-electron chi connectivity index (χ2n) is 12.6. The molecule has 0 bridgehead atoms. The van der Waals surface area contributed by atoms with Crippen LogP contribution < -0.4 is 4.89 Å². The van der Waals surface area contributed by atoms with Crippen molar-refractivity contribution in [3.05, 3.63) is 48.6 Å². The average molecular weight is 670 g/mol. The predicted molar refractivity (Wildman–Crippen MR) is 185 cm³/mol. The number of hydrogen-bond acceptors (Lipinski definition) is 8. The van der Waals surface area contributed by atoms with Crippen LogP contribution in [0, 0.1) is 0 Å². The molecule has 2 unspecified atom stereocenters. The van der Waals surface area contributed by atoms with Gasteiger partial charge in [-0.1, -0.05) is 120 Å². The number of carbonyl (C=O) groups is 2. The second kappa shape index (κ2) is 29.1. The van der Waals surface area contributed by atoms with Crippen molar-refractivity contribution in [3.63, 3.8) is 0 Å². The number of phosphoric acid groups is 1. The largest absolute Gasteiger partial charge is 0.756 e. The Bertz CT molecular complexity index is 939. The van der Waals surface area contributed by atoms with E-state index in [1.807, 2.05) is 57.6 Å². The van der Waals surface area contributed by atoms with Crippen LogP contribution in [0.5, 0.6) is 0 Å². The summed E-state index contributed by atoms with van der Waals surface area (Å²) in [5, 5.41) is 0. The molecule has 0 amide bonds. The van der Waals surface area contributed by atoms with Gasteiger partial charge in [-0.2, -0.15) is 0 Å². The Morgan fingerprint density at radius 1 is 0.696 bits per heavy atom. The number of esters is 2. The summed E-state index contributed by atoms with van der Waals surface area (Å²) in [6.45, 7) is 3.97. The molecule has 0 N–H and O–H groups in total. The monoisotopic (exact) mass is 669 g/mol. The van der Waals surface area contributed by atoms with E-state index >= 15 is 0 Å². The lowest BCUT2D eigenvalue weighted by Gasteiger charge is -2.28. The van der Waals surface area contributed by atoms with Gasteiger partial charge in [-0.15, -0.1) is 0 Å². The molecule has 0 radical (unpaired) electrons. The molecule has 9 nitrogen and oxygen atoms in total. The van der Waals surface area contributed by atoms with Gasteiger partial charge in [-0.05, 0) is 32.1 Å². The van der Waals surface area contributed by atoms with Crippen molar-refractivity contribution in [2.45, 2.75) is 123 Å². The highest BCUT2D eigenvalue weighted by Crippen LogP contribution is 2.38. The zero-order valence-corrected chi connectivity index (χ0v) is 30.4. The second-order valence-corrected chi connectivity index (χ2v) is 14.0. The maximum absolute atomic E-state index is 12.5. The number of phosphoric ester groups is 1. The van der Waals surface area contributed by atoms with E-state index in [1.165, 1.54) is 38.5 Å². The summed E-state index contributed by atoms with van der Waals surface area (Å²) >= 11 is 0. The third-order valence-electron chi connectivity index (χ3n) is 6.96. The minimum atomic E-state index is -4.62. The van der Waals surface area contributed by atoms with Gasteiger partial charge < -0.3 is 27.9 Å². The summed E-state index contributed by atoms with van der Waals surface area (Å²) < 4.78 is 33.6. The van der Waals surface area contributed by atoms with Gasteiger partial charge >= 0.3 is 11.9 Å². The molecule has 0 aliphatic carbocycles. The van der Waals surface area contributed by atoms with Crippen LogP contribution in [0.15, 0.2) is 48.6 Å². The van der Waals surface area contributed by atoms with Crippen molar-refractivity contribution in [3.8, 4) is 0 Å². The summed E-state index contributed by atoms with van der Waals surface area (Å²) in [5.41, 5.74) is 0. The normalized spacial score (nSPS) is 14.5. The first-order valence-electron chi connectivity index (χ1n) is 17.4. The Balaban J connectivity index is 4.59. The average Bonchev–Trinajstić information content (AvgIpc) is 2.99. The fourth-order valence-electron chi connectivity index (χ4n) is 4.19. The molecule has 0 saturated carbocycles. The maximum Gasteiger partial charge on any atom is 0.306 e. The van der Waals surface area contributed by atoms with Crippen molar-refractivity contribution < 1.29 is 42.1 Å². The standard InChI is InChI=1S/C36H64NO8P/c1-6-8-10-12-14-16-17-18-19-21-23-25-27-29-36(39)45-34(33-44-46(40,41)43-31-30-37(3,4)5)32-42-35(38)28-26-24-22-20-15-13-11-9-7-2/h8,10,12,14,16-19,34H,6-7,9,11,13,15,20-33H2,1-5H3/b10-8+,14-12+,17-16+,19-18+. The SMILES string of the molecule is CC/C=C/C=C/C=C/C=C/CCCCCC(=O)OC(COC(=O)CCCCCCCCCCC)COP(=O)([O-])OCC[N+](C)(C)C. The van der Waals surface area contributed by atoms with Crippen molar-refractivity contribution in [1.82, 2.24) is 0 Å². The molecule has 0 spiro atoms. The zero-order valence-electron chi connectivity index (χ0n) is 29.5. The lowest BCUT2D eigenvalue weighted by atomic mass is 10.1. The third kappa shape index (κ3) is 31.9. The van der Waals surface area contributed by atoms with Crippen LogP contribution >= 0.6 is 7.82 Å². The molecular weight excluding hydrogens is 605 g/mol. The van der Waals surface area contributed by atoms with Crippen LogP contribution in [0.1, 0.15) is 117 Å². The molecule has 2 atom stereocenters. The fourth-order valence-corrected chi connectivity index (χ4v) is 4.92. The Hall–Kier alpha value is -2.03. The van der Waals surface area contributed by atoms with Crippen molar-refractivity contribution in [2.24, 2.45) is 0 Å². The van der Waals surface area contributed by atoms with Crippen LogP contribution in [0.3, 0.4) is 0 Å². The highest BCUT2D eigenvalue weighted by atomic mass is 31.2. The quantitative estimate of drug-likeness (QED) is 0.0248. The van der Waals surface area contributed by atoms with E-state index in [0.29, 0.717) is 17.4 Å². The minimum absolute atomic E-state index is 0.0401. The van der Waals surface area contributed by atoms with Gasteiger partial charge in [-0.25, -0.2) is 0 Å². The van der Waals surface area contributed by atoms with Crippen LogP contribution in [-0.2, 0) is 32.7 Å². The van der Waals surface area contributed by atoms with Gasteiger partial charge in [0.05, 0.1) is 27.7 Å². The van der Waals surface area contributed by atoms with E-state index in [2.05, 4.69) is 26.0 Å². The molecule has 0 saturated heterocycles. The number of carbonyl (C=O) groups excluding carboxylic acids is 2. The molecule has 0 rings (SSSR count). The summed E-state index contributed by atoms with van der Waals surface area (Å²) in [5.74, 6) is -0.890. The summed E-state index contributed by atoms with van der Waals surface area (Å²) in [4.78, 5) is 37.1. The van der Waals surface area contributed by atoms with Gasteiger partial charge in [0.25, 0.3) is 7.82 Å². The number of ether oxygens (including phenoxy) is 2. The smallest absolute Gasteiger partial charge is 0.306 e. The van der Waals surface area contributed by atoms with Crippen LogP contribution in [0.2, 0.25) is 0 Å². The van der Waals surface area contributed by atoms with Gasteiger partial charge in [0.2, 0.25) is 0 Å². The molecule has 0 aromatic heterocycles. The van der Waals surface area contributed by atoms with E-state index in [1.54, 1.807) is 0 Å².